The fourth-order valence-electron chi connectivity index (χ4n) is 3.60. The zero-order valence-electron chi connectivity index (χ0n) is 16.5. The van der Waals surface area contributed by atoms with Crippen LogP contribution in [0, 0.1) is 6.92 Å². The minimum atomic E-state index is -0.00175. The van der Waals surface area contributed by atoms with Crippen molar-refractivity contribution in [2.75, 3.05) is 6.54 Å². The molecule has 29 heavy (non-hydrogen) atoms. The van der Waals surface area contributed by atoms with Crippen LogP contribution in [0.15, 0.2) is 79.3 Å². The Kier molecular flexibility index (Phi) is 5.66. The molecule has 146 valence electrons. The second kappa shape index (κ2) is 8.69. The van der Waals surface area contributed by atoms with Crippen LogP contribution < -0.4 is 0 Å². The molecule has 4 aromatic rings. The van der Waals surface area contributed by atoms with Gasteiger partial charge in [0.15, 0.2) is 0 Å². The van der Waals surface area contributed by atoms with Crippen LogP contribution in [0.25, 0.3) is 5.65 Å². The highest BCUT2D eigenvalue weighted by atomic mass is 16.2. The number of aryl methyl sites for hydroxylation is 2. The molecule has 0 unspecified atom stereocenters. The Morgan fingerprint density at radius 2 is 1.79 bits per heavy atom. The third-order valence-corrected chi connectivity index (χ3v) is 5.03. The third-order valence-electron chi connectivity index (χ3n) is 5.03. The number of carbonyl (C=O) groups excluding carboxylic acids is 1. The van der Waals surface area contributed by atoms with Gasteiger partial charge in [-0.2, -0.15) is 0 Å². The van der Waals surface area contributed by atoms with Gasteiger partial charge < -0.3 is 4.90 Å². The zero-order valence-corrected chi connectivity index (χ0v) is 16.5. The predicted octanol–water partition coefficient (Wildman–Crippen LogP) is 4.31. The topological polar surface area (TPSA) is 50.5 Å². The summed E-state index contributed by atoms with van der Waals surface area (Å²) < 4.78 is 1.88. The maximum absolute atomic E-state index is 13.5. The maximum Gasteiger partial charge on any atom is 0.273 e. The molecule has 0 bridgehead atoms. The van der Waals surface area contributed by atoms with E-state index < -0.39 is 0 Å². The SMILES string of the molecule is Cc1nc2ccccn2c1C(=O)N(CCCc1ccccc1)Cc1cccnc1. The Labute approximate surface area is 170 Å². The fourth-order valence-corrected chi connectivity index (χ4v) is 3.60. The predicted molar refractivity (Wildman–Crippen MR) is 114 cm³/mol. The van der Waals surface area contributed by atoms with Crippen molar-refractivity contribution in [2.24, 2.45) is 0 Å². The molecule has 0 saturated carbocycles. The van der Waals surface area contributed by atoms with Crippen LogP contribution in [-0.4, -0.2) is 31.7 Å². The van der Waals surface area contributed by atoms with E-state index in [2.05, 4.69) is 34.2 Å². The maximum atomic E-state index is 13.5. The highest BCUT2D eigenvalue weighted by Crippen LogP contribution is 2.17. The molecule has 0 aliphatic heterocycles. The summed E-state index contributed by atoms with van der Waals surface area (Å²) in [6, 6.07) is 20.1. The van der Waals surface area contributed by atoms with Crippen molar-refractivity contribution >= 4 is 11.6 Å². The summed E-state index contributed by atoms with van der Waals surface area (Å²) in [6.07, 6.45) is 7.29. The van der Waals surface area contributed by atoms with Crippen molar-refractivity contribution in [3.05, 3.63) is 102 Å². The van der Waals surface area contributed by atoms with E-state index in [-0.39, 0.29) is 5.91 Å². The lowest BCUT2D eigenvalue weighted by Gasteiger charge is -2.23. The van der Waals surface area contributed by atoms with Crippen molar-refractivity contribution < 1.29 is 4.79 Å². The van der Waals surface area contributed by atoms with E-state index in [1.807, 2.05) is 65.0 Å². The van der Waals surface area contributed by atoms with Crippen molar-refractivity contribution in [3.63, 3.8) is 0 Å². The first kappa shape index (κ1) is 18.9. The smallest absolute Gasteiger partial charge is 0.273 e. The number of carbonyl (C=O) groups is 1. The van der Waals surface area contributed by atoms with Crippen LogP contribution in [0.2, 0.25) is 0 Å². The molecule has 5 heteroatoms. The lowest BCUT2D eigenvalue weighted by Crippen LogP contribution is -2.33. The summed E-state index contributed by atoms with van der Waals surface area (Å²) in [6.45, 7) is 3.09. The van der Waals surface area contributed by atoms with Crippen LogP contribution in [0.4, 0.5) is 0 Å². The Morgan fingerprint density at radius 3 is 2.59 bits per heavy atom. The molecule has 4 rings (SSSR count). The zero-order chi connectivity index (χ0) is 20.1. The minimum Gasteiger partial charge on any atom is -0.333 e. The molecule has 1 aromatic carbocycles. The first-order valence-electron chi connectivity index (χ1n) is 9.88. The number of benzene rings is 1. The highest BCUT2D eigenvalue weighted by Gasteiger charge is 2.22. The molecule has 0 aliphatic rings. The third kappa shape index (κ3) is 4.35. The average molecular weight is 384 g/mol. The van der Waals surface area contributed by atoms with Gasteiger partial charge in [0.2, 0.25) is 0 Å². The molecule has 0 saturated heterocycles. The van der Waals surface area contributed by atoms with Crippen molar-refractivity contribution in [1.29, 1.82) is 0 Å². The molecule has 0 radical (unpaired) electrons. The number of aromatic nitrogens is 3. The number of nitrogens with zero attached hydrogens (tertiary/aromatic N) is 4. The number of imidazole rings is 1. The van der Waals surface area contributed by atoms with E-state index in [0.29, 0.717) is 18.8 Å². The molecular weight excluding hydrogens is 360 g/mol. The van der Waals surface area contributed by atoms with Crippen LogP contribution in [0.3, 0.4) is 0 Å². The monoisotopic (exact) mass is 384 g/mol. The Balaban J connectivity index is 1.58. The summed E-state index contributed by atoms with van der Waals surface area (Å²) in [7, 11) is 0. The molecule has 5 nitrogen and oxygen atoms in total. The van der Waals surface area contributed by atoms with Gasteiger partial charge >= 0.3 is 0 Å². The van der Waals surface area contributed by atoms with Crippen molar-refractivity contribution in [3.8, 4) is 0 Å². The van der Waals surface area contributed by atoms with E-state index in [4.69, 9.17) is 0 Å². The van der Waals surface area contributed by atoms with Gasteiger partial charge in [-0.25, -0.2) is 4.98 Å². The number of amides is 1. The van der Waals surface area contributed by atoms with Crippen LogP contribution in [0.1, 0.15) is 33.7 Å². The first-order valence-corrected chi connectivity index (χ1v) is 9.88. The molecule has 0 aliphatic carbocycles. The molecule has 1 amide bonds. The number of hydrogen-bond acceptors (Lipinski definition) is 3. The number of fused-ring (bicyclic) bond motifs is 1. The van der Waals surface area contributed by atoms with E-state index >= 15 is 0 Å². The van der Waals surface area contributed by atoms with Crippen LogP contribution >= 0.6 is 0 Å². The summed E-state index contributed by atoms with van der Waals surface area (Å²) in [5.41, 5.74) is 4.47. The minimum absolute atomic E-state index is 0.00175. The van der Waals surface area contributed by atoms with E-state index in [0.717, 1.165) is 29.7 Å². The van der Waals surface area contributed by atoms with Gasteiger partial charge in [-0.3, -0.25) is 14.2 Å². The highest BCUT2D eigenvalue weighted by molar-refractivity contribution is 5.94. The summed E-state index contributed by atoms with van der Waals surface area (Å²) in [4.78, 5) is 24.2. The number of hydrogen-bond donors (Lipinski definition) is 0. The largest absolute Gasteiger partial charge is 0.333 e. The molecule has 0 N–H and O–H groups in total. The van der Waals surface area contributed by atoms with Gasteiger partial charge in [-0.05, 0) is 49.1 Å². The van der Waals surface area contributed by atoms with Gasteiger partial charge in [0.1, 0.15) is 11.3 Å². The van der Waals surface area contributed by atoms with Gasteiger partial charge in [0.05, 0.1) is 5.69 Å². The van der Waals surface area contributed by atoms with Gasteiger partial charge in [0.25, 0.3) is 5.91 Å². The molecule has 0 spiro atoms. The fraction of sp³-hybridized carbons (Fsp3) is 0.208. The Morgan fingerprint density at radius 1 is 1.00 bits per heavy atom. The second-order valence-electron chi connectivity index (χ2n) is 7.15. The Hall–Kier alpha value is -3.47. The molecule has 3 heterocycles. The lowest BCUT2D eigenvalue weighted by atomic mass is 10.1. The quantitative estimate of drug-likeness (QED) is 0.477. The van der Waals surface area contributed by atoms with Gasteiger partial charge in [-0.1, -0.05) is 42.5 Å². The lowest BCUT2D eigenvalue weighted by molar-refractivity contribution is 0.0733. The van der Waals surface area contributed by atoms with E-state index in [1.165, 1.54) is 5.56 Å². The molecule has 0 fully saturated rings. The first-order chi connectivity index (χ1) is 14.2. The standard InChI is InChI=1S/C24H24N4O/c1-19-23(28-16-6-5-13-22(28)26-19)24(29)27(18-21-11-7-14-25-17-21)15-8-12-20-9-3-2-4-10-20/h2-7,9-11,13-14,16-17H,8,12,15,18H2,1H3. The molecule has 3 aromatic heterocycles. The van der Waals surface area contributed by atoms with E-state index in [1.54, 1.807) is 6.20 Å². The summed E-state index contributed by atoms with van der Waals surface area (Å²) in [5.74, 6) is -0.00175. The average Bonchev–Trinajstić information content (AvgIpc) is 3.09. The molecular formula is C24H24N4O. The second-order valence-corrected chi connectivity index (χ2v) is 7.15. The number of pyridine rings is 2. The summed E-state index contributed by atoms with van der Waals surface area (Å²) >= 11 is 0. The van der Waals surface area contributed by atoms with Gasteiger partial charge in [0, 0.05) is 31.7 Å². The molecule has 0 atom stereocenters. The van der Waals surface area contributed by atoms with Crippen LogP contribution in [-0.2, 0) is 13.0 Å². The van der Waals surface area contributed by atoms with Gasteiger partial charge in [-0.15, -0.1) is 0 Å². The number of rotatable bonds is 7. The van der Waals surface area contributed by atoms with E-state index in [9.17, 15) is 4.79 Å². The van der Waals surface area contributed by atoms with Crippen molar-refractivity contribution in [1.82, 2.24) is 19.3 Å². The van der Waals surface area contributed by atoms with Crippen molar-refractivity contribution in [2.45, 2.75) is 26.3 Å². The van der Waals surface area contributed by atoms with Crippen LogP contribution in [0.5, 0.6) is 0 Å². The Bertz CT molecular complexity index is 1090. The summed E-state index contributed by atoms with van der Waals surface area (Å²) in [5, 5.41) is 0. The normalized spacial score (nSPS) is 10.9.